The summed E-state index contributed by atoms with van der Waals surface area (Å²) in [6, 6.07) is 19.7. The minimum absolute atomic E-state index is 0.130. The van der Waals surface area contributed by atoms with Gasteiger partial charge in [-0.05, 0) is 55.3 Å². The maximum atomic E-state index is 14.0. The molecule has 6 rings (SSSR count). The highest BCUT2D eigenvalue weighted by Crippen LogP contribution is 2.22. The minimum Gasteiger partial charge on any atom is -0.382 e. The Morgan fingerprint density at radius 2 is 1.85 bits per heavy atom. The van der Waals surface area contributed by atoms with E-state index in [0.717, 1.165) is 5.56 Å². The van der Waals surface area contributed by atoms with Gasteiger partial charge in [-0.1, -0.05) is 30.2 Å². The first-order valence-corrected chi connectivity index (χ1v) is 12.3. The predicted octanol–water partition coefficient (Wildman–Crippen LogP) is 2.94. The predicted molar refractivity (Wildman–Crippen MR) is 148 cm³/mol. The van der Waals surface area contributed by atoms with Crippen molar-refractivity contribution >= 4 is 22.8 Å². The summed E-state index contributed by atoms with van der Waals surface area (Å²) >= 11 is 0. The van der Waals surface area contributed by atoms with E-state index in [4.69, 9.17) is 5.73 Å². The number of rotatable bonds is 4. The SMILES string of the molecule is C[C@H](NC(=O)c1c(N)nn2ccccc12)c1cc2ccc(C#Cc3cnn(C)c3)n2c(=O)n1-c1ccccc1. The number of amides is 1. The van der Waals surface area contributed by atoms with Crippen LogP contribution in [0.3, 0.4) is 0 Å². The fourth-order valence-electron chi connectivity index (χ4n) is 4.67. The molecule has 6 aromatic rings. The van der Waals surface area contributed by atoms with Gasteiger partial charge in [0.15, 0.2) is 5.82 Å². The number of aromatic nitrogens is 6. The molecule has 0 saturated heterocycles. The Morgan fingerprint density at radius 1 is 1.05 bits per heavy atom. The number of aryl methyl sites for hydroxylation is 1. The fourth-order valence-corrected chi connectivity index (χ4v) is 4.67. The van der Waals surface area contributed by atoms with E-state index in [9.17, 15) is 9.59 Å². The Labute approximate surface area is 222 Å². The number of carbonyl (C=O) groups excluding carboxylic acids is 1. The first kappa shape index (κ1) is 23.8. The zero-order chi connectivity index (χ0) is 27.1. The van der Waals surface area contributed by atoms with Gasteiger partial charge in [0, 0.05) is 19.4 Å². The molecule has 0 spiro atoms. The first-order chi connectivity index (χ1) is 18.9. The van der Waals surface area contributed by atoms with Gasteiger partial charge in [-0.3, -0.25) is 18.4 Å². The van der Waals surface area contributed by atoms with Gasteiger partial charge in [0.05, 0.1) is 40.2 Å². The van der Waals surface area contributed by atoms with Crippen molar-refractivity contribution in [3.63, 3.8) is 0 Å². The van der Waals surface area contributed by atoms with Crippen LogP contribution in [0.2, 0.25) is 0 Å². The zero-order valence-corrected chi connectivity index (χ0v) is 21.2. The van der Waals surface area contributed by atoms with Gasteiger partial charge < -0.3 is 11.1 Å². The van der Waals surface area contributed by atoms with Crippen molar-refractivity contribution in [2.45, 2.75) is 13.0 Å². The van der Waals surface area contributed by atoms with Crippen molar-refractivity contribution in [1.29, 1.82) is 0 Å². The average molecular weight is 517 g/mol. The highest BCUT2D eigenvalue weighted by Gasteiger charge is 2.23. The molecule has 0 aliphatic carbocycles. The van der Waals surface area contributed by atoms with Gasteiger partial charge in [-0.25, -0.2) is 9.31 Å². The highest BCUT2D eigenvalue weighted by molar-refractivity contribution is 6.05. The number of carbonyl (C=O) groups is 1. The molecule has 1 atom stereocenters. The number of para-hydroxylation sites is 1. The molecule has 192 valence electrons. The molecule has 10 heteroatoms. The lowest BCUT2D eigenvalue weighted by atomic mass is 10.1. The van der Waals surface area contributed by atoms with Crippen molar-refractivity contribution < 1.29 is 4.79 Å². The Morgan fingerprint density at radius 3 is 2.62 bits per heavy atom. The van der Waals surface area contributed by atoms with Crippen LogP contribution in [0.25, 0.3) is 16.7 Å². The van der Waals surface area contributed by atoms with E-state index in [0.29, 0.717) is 28.1 Å². The first-order valence-electron chi connectivity index (χ1n) is 12.3. The van der Waals surface area contributed by atoms with Crippen molar-refractivity contribution in [1.82, 2.24) is 33.7 Å². The Kier molecular flexibility index (Phi) is 5.73. The maximum Gasteiger partial charge on any atom is 0.338 e. The molecule has 5 heterocycles. The molecule has 0 unspecified atom stereocenters. The van der Waals surface area contributed by atoms with Gasteiger partial charge in [0.1, 0.15) is 11.3 Å². The second-order valence-electron chi connectivity index (χ2n) is 9.14. The normalized spacial score (nSPS) is 11.8. The molecule has 3 N–H and O–H groups in total. The molecule has 0 fully saturated rings. The molecule has 0 bridgehead atoms. The van der Waals surface area contributed by atoms with Gasteiger partial charge >= 0.3 is 5.69 Å². The number of pyridine rings is 1. The lowest BCUT2D eigenvalue weighted by molar-refractivity contribution is 0.0941. The van der Waals surface area contributed by atoms with Crippen LogP contribution in [0.1, 0.15) is 40.3 Å². The second kappa shape index (κ2) is 9.39. The van der Waals surface area contributed by atoms with E-state index < -0.39 is 6.04 Å². The molecule has 0 saturated carbocycles. The van der Waals surface area contributed by atoms with Gasteiger partial charge in [0.25, 0.3) is 5.91 Å². The fraction of sp³-hybridized carbons (Fsp3) is 0.103. The molecule has 0 aliphatic rings. The summed E-state index contributed by atoms with van der Waals surface area (Å²) < 4.78 is 6.39. The van der Waals surface area contributed by atoms with Crippen LogP contribution in [0.15, 0.2) is 90.1 Å². The number of anilines is 1. The van der Waals surface area contributed by atoms with Crippen LogP contribution in [0, 0.1) is 11.8 Å². The number of nitrogens with zero attached hydrogens (tertiary/aromatic N) is 6. The number of fused-ring (bicyclic) bond motifs is 2. The summed E-state index contributed by atoms with van der Waals surface area (Å²) in [6.45, 7) is 1.83. The number of hydrogen-bond donors (Lipinski definition) is 2. The zero-order valence-electron chi connectivity index (χ0n) is 21.2. The van der Waals surface area contributed by atoms with Crippen molar-refractivity contribution in [2.24, 2.45) is 7.05 Å². The van der Waals surface area contributed by atoms with Crippen molar-refractivity contribution in [3.8, 4) is 17.5 Å². The number of benzene rings is 1. The summed E-state index contributed by atoms with van der Waals surface area (Å²) in [5.41, 5.74) is 9.90. The minimum atomic E-state index is -0.548. The largest absolute Gasteiger partial charge is 0.382 e. The maximum absolute atomic E-state index is 14.0. The van der Waals surface area contributed by atoms with Crippen LogP contribution < -0.4 is 16.7 Å². The lowest BCUT2D eigenvalue weighted by Crippen LogP contribution is -2.34. The molecule has 10 nitrogen and oxygen atoms in total. The van der Waals surface area contributed by atoms with E-state index in [1.807, 2.05) is 80.8 Å². The van der Waals surface area contributed by atoms with E-state index in [2.05, 4.69) is 27.4 Å². The molecular formula is C29H24N8O2. The molecule has 1 amide bonds. The summed E-state index contributed by atoms with van der Waals surface area (Å²) in [5.74, 6) is 5.91. The Balaban J connectivity index is 1.45. The monoisotopic (exact) mass is 516 g/mol. The summed E-state index contributed by atoms with van der Waals surface area (Å²) in [5, 5.41) is 11.4. The molecular weight excluding hydrogens is 492 g/mol. The highest BCUT2D eigenvalue weighted by atomic mass is 16.2. The summed E-state index contributed by atoms with van der Waals surface area (Å²) in [7, 11) is 1.82. The third-order valence-electron chi connectivity index (χ3n) is 6.49. The van der Waals surface area contributed by atoms with E-state index >= 15 is 0 Å². The molecule has 39 heavy (non-hydrogen) atoms. The third kappa shape index (κ3) is 4.22. The van der Waals surface area contributed by atoms with Crippen molar-refractivity contribution in [2.75, 3.05) is 5.73 Å². The number of nitrogen functional groups attached to an aromatic ring is 1. The van der Waals surface area contributed by atoms with Gasteiger partial charge in [-0.2, -0.15) is 5.10 Å². The lowest BCUT2D eigenvalue weighted by Gasteiger charge is -2.20. The second-order valence-corrected chi connectivity index (χ2v) is 9.14. The molecule has 0 aliphatic heterocycles. The quantitative estimate of drug-likeness (QED) is 0.350. The van der Waals surface area contributed by atoms with Crippen LogP contribution in [-0.2, 0) is 7.05 Å². The van der Waals surface area contributed by atoms with Crippen LogP contribution in [-0.4, -0.2) is 34.3 Å². The topological polar surface area (TPSA) is 117 Å². The van der Waals surface area contributed by atoms with E-state index in [1.54, 1.807) is 36.6 Å². The number of nitrogens with two attached hydrogens (primary N) is 1. The smallest absolute Gasteiger partial charge is 0.338 e. The van der Waals surface area contributed by atoms with Crippen LogP contribution in [0.5, 0.6) is 0 Å². The third-order valence-corrected chi connectivity index (χ3v) is 6.49. The van der Waals surface area contributed by atoms with Gasteiger partial charge in [0.2, 0.25) is 0 Å². The summed E-state index contributed by atoms with van der Waals surface area (Å²) in [6.07, 6.45) is 5.21. The van der Waals surface area contributed by atoms with Crippen LogP contribution in [0.4, 0.5) is 5.82 Å². The number of nitrogens with one attached hydrogen (secondary N) is 1. The molecule has 5 aromatic heterocycles. The Hall–Kier alpha value is -5.56. The van der Waals surface area contributed by atoms with Gasteiger partial charge in [-0.15, -0.1) is 5.10 Å². The van der Waals surface area contributed by atoms with E-state index in [-0.39, 0.29) is 23.0 Å². The standard InChI is InChI=1S/C29H24N8O2/c1-19(32-28(38)26-24-10-6-7-15-35(24)33-27(26)30)25-16-23-14-13-22(12-11-20-17-31-34(2)18-20)36(23)29(39)37(25)21-8-4-3-5-9-21/h3-10,13-19H,1-2H3,(H2,30,33)(H,32,38)/t19-/m0/s1. The molecule has 0 radical (unpaired) electrons. The van der Waals surface area contributed by atoms with Crippen LogP contribution >= 0.6 is 0 Å². The number of hydrogen-bond acceptors (Lipinski definition) is 5. The van der Waals surface area contributed by atoms with E-state index in [1.165, 1.54) is 0 Å². The van der Waals surface area contributed by atoms with Crippen molar-refractivity contribution in [3.05, 3.63) is 118 Å². The summed E-state index contributed by atoms with van der Waals surface area (Å²) in [4.78, 5) is 27.4. The average Bonchev–Trinajstić information content (AvgIpc) is 3.63. The molecule has 1 aromatic carbocycles. The Bertz CT molecular complexity index is 1980.